The van der Waals surface area contributed by atoms with Crippen LogP contribution >= 0.6 is 0 Å². The second kappa shape index (κ2) is 7.00. The number of nitrogens with one attached hydrogen (secondary N) is 1. The highest BCUT2D eigenvalue weighted by Gasteiger charge is 2.11. The highest BCUT2D eigenvalue weighted by atomic mass is 16.1. The van der Waals surface area contributed by atoms with Gasteiger partial charge in [0.25, 0.3) is 0 Å². The van der Waals surface area contributed by atoms with Crippen molar-refractivity contribution >= 4 is 12.0 Å². The van der Waals surface area contributed by atoms with E-state index in [0.29, 0.717) is 5.92 Å². The Hall–Kier alpha value is -1.57. The van der Waals surface area contributed by atoms with Crippen molar-refractivity contribution in [3.8, 4) is 0 Å². The Morgan fingerprint density at radius 2 is 1.89 bits per heavy atom. The van der Waals surface area contributed by atoms with Crippen molar-refractivity contribution in [2.24, 2.45) is 5.92 Å². The Balaban J connectivity index is 2.56. The van der Waals surface area contributed by atoms with E-state index in [1.54, 1.807) is 6.08 Å². The van der Waals surface area contributed by atoms with Gasteiger partial charge in [-0.05, 0) is 30.9 Å². The van der Waals surface area contributed by atoms with Crippen molar-refractivity contribution in [1.82, 2.24) is 5.32 Å². The van der Waals surface area contributed by atoms with Crippen molar-refractivity contribution in [3.63, 3.8) is 0 Å². The number of hydrogen-bond donors (Lipinski definition) is 1. The summed E-state index contributed by atoms with van der Waals surface area (Å²) in [7, 11) is 0. The van der Waals surface area contributed by atoms with E-state index >= 15 is 0 Å². The zero-order valence-electron chi connectivity index (χ0n) is 11.7. The summed E-state index contributed by atoms with van der Waals surface area (Å²) in [5.74, 6) is 0.447. The van der Waals surface area contributed by atoms with E-state index in [1.165, 1.54) is 5.56 Å². The molecule has 1 aromatic rings. The van der Waals surface area contributed by atoms with Crippen molar-refractivity contribution in [1.29, 1.82) is 0 Å². The first-order valence-electron chi connectivity index (χ1n) is 6.58. The van der Waals surface area contributed by atoms with Gasteiger partial charge in [-0.1, -0.05) is 50.6 Å². The maximum absolute atomic E-state index is 11.8. The van der Waals surface area contributed by atoms with E-state index in [9.17, 15) is 4.79 Å². The lowest BCUT2D eigenvalue weighted by Gasteiger charge is -2.19. The van der Waals surface area contributed by atoms with E-state index < -0.39 is 0 Å². The molecule has 0 bridgehead atoms. The molecule has 0 aliphatic carbocycles. The van der Waals surface area contributed by atoms with Gasteiger partial charge in [0, 0.05) is 12.1 Å². The van der Waals surface area contributed by atoms with Crippen LogP contribution in [0.4, 0.5) is 0 Å². The van der Waals surface area contributed by atoms with Gasteiger partial charge in [0.1, 0.15) is 0 Å². The highest BCUT2D eigenvalue weighted by Crippen LogP contribution is 2.07. The van der Waals surface area contributed by atoms with E-state index in [-0.39, 0.29) is 11.9 Å². The summed E-state index contributed by atoms with van der Waals surface area (Å²) >= 11 is 0. The molecule has 0 aromatic heterocycles. The predicted octanol–water partition coefficient (Wildman–Crippen LogP) is 3.56. The molecule has 0 aliphatic rings. The van der Waals surface area contributed by atoms with Crippen LogP contribution in [0.15, 0.2) is 30.3 Å². The molecular formula is C16H23NO. The van der Waals surface area contributed by atoms with Gasteiger partial charge < -0.3 is 5.32 Å². The molecule has 1 atom stereocenters. The van der Waals surface area contributed by atoms with Crippen LogP contribution in [0.3, 0.4) is 0 Å². The summed E-state index contributed by atoms with van der Waals surface area (Å²) in [6, 6.07) is 8.36. The van der Waals surface area contributed by atoms with Crippen molar-refractivity contribution in [3.05, 3.63) is 41.5 Å². The second-order valence-corrected chi connectivity index (χ2v) is 5.01. The van der Waals surface area contributed by atoms with E-state index in [2.05, 4.69) is 33.0 Å². The van der Waals surface area contributed by atoms with Crippen molar-refractivity contribution < 1.29 is 4.79 Å². The van der Waals surface area contributed by atoms with E-state index in [0.717, 1.165) is 12.0 Å². The first-order chi connectivity index (χ1) is 8.52. The summed E-state index contributed by atoms with van der Waals surface area (Å²) in [6.07, 6.45) is 4.42. The number of carbonyl (C=O) groups is 1. The molecule has 0 radical (unpaired) electrons. The molecule has 1 amide bonds. The fourth-order valence-electron chi connectivity index (χ4n) is 1.82. The predicted molar refractivity (Wildman–Crippen MR) is 77.3 cm³/mol. The van der Waals surface area contributed by atoms with E-state index in [1.807, 2.05) is 30.3 Å². The minimum atomic E-state index is -0.0175. The summed E-state index contributed by atoms with van der Waals surface area (Å²) in [5, 5.41) is 3.02. The number of rotatable bonds is 5. The molecule has 1 aromatic carbocycles. The first-order valence-corrected chi connectivity index (χ1v) is 6.58. The zero-order valence-corrected chi connectivity index (χ0v) is 11.7. The SMILES string of the molecule is CCC(NC(=O)/C=C/c1ccc(C)cc1)C(C)C. The average Bonchev–Trinajstić information content (AvgIpc) is 2.35. The van der Waals surface area contributed by atoms with Gasteiger partial charge in [0.2, 0.25) is 5.91 Å². The molecule has 1 unspecified atom stereocenters. The number of benzene rings is 1. The van der Waals surface area contributed by atoms with Crippen LogP contribution in [0.5, 0.6) is 0 Å². The quantitative estimate of drug-likeness (QED) is 0.790. The lowest BCUT2D eigenvalue weighted by Crippen LogP contribution is -2.36. The van der Waals surface area contributed by atoms with Crippen molar-refractivity contribution in [2.45, 2.75) is 40.2 Å². The number of amides is 1. The van der Waals surface area contributed by atoms with Crippen LogP contribution < -0.4 is 5.32 Å². The standard InChI is InChI=1S/C16H23NO/c1-5-15(12(2)3)17-16(18)11-10-14-8-6-13(4)7-9-14/h6-12,15H,5H2,1-4H3,(H,17,18)/b11-10+. The Morgan fingerprint density at radius 1 is 1.28 bits per heavy atom. The van der Waals surface area contributed by atoms with Crippen LogP contribution in [0, 0.1) is 12.8 Å². The van der Waals surface area contributed by atoms with Gasteiger partial charge in [-0.15, -0.1) is 0 Å². The van der Waals surface area contributed by atoms with Gasteiger partial charge >= 0.3 is 0 Å². The van der Waals surface area contributed by atoms with Gasteiger partial charge in [0.15, 0.2) is 0 Å². The summed E-state index contributed by atoms with van der Waals surface area (Å²) < 4.78 is 0. The first kappa shape index (κ1) is 14.5. The molecule has 18 heavy (non-hydrogen) atoms. The molecule has 0 saturated carbocycles. The number of carbonyl (C=O) groups excluding carboxylic acids is 1. The molecule has 0 aliphatic heterocycles. The second-order valence-electron chi connectivity index (χ2n) is 5.01. The van der Waals surface area contributed by atoms with Crippen LogP contribution in [0.25, 0.3) is 6.08 Å². The van der Waals surface area contributed by atoms with Crippen LogP contribution in [0.2, 0.25) is 0 Å². The van der Waals surface area contributed by atoms with E-state index in [4.69, 9.17) is 0 Å². The average molecular weight is 245 g/mol. The highest BCUT2D eigenvalue weighted by molar-refractivity contribution is 5.91. The van der Waals surface area contributed by atoms with Crippen LogP contribution in [0.1, 0.15) is 38.3 Å². The Labute approximate surface area is 110 Å². The summed E-state index contributed by atoms with van der Waals surface area (Å²) in [6.45, 7) is 8.39. The maximum atomic E-state index is 11.8. The molecule has 98 valence electrons. The topological polar surface area (TPSA) is 29.1 Å². The van der Waals surface area contributed by atoms with Gasteiger partial charge in [-0.25, -0.2) is 0 Å². The monoisotopic (exact) mass is 245 g/mol. The lowest BCUT2D eigenvalue weighted by atomic mass is 10.0. The summed E-state index contributed by atoms with van der Waals surface area (Å²) in [4.78, 5) is 11.8. The Bertz CT molecular complexity index is 404. The normalized spacial score (nSPS) is 12.9. The van der Waals surface area contributed by atoms with Crippen molar-refractivity contribution in [2.75, 3.05) is 0 Å². The Morgan fingerprint density at radius 3 is 2.39 bits per heavy atom. The largest absolute Gasteiger partial charge is 0.350 e. The minimum absolute atomic E-state index is 0.0175. The van der Waals surface area contributed by atoms with Gasteiger partial charge in [-0.2, -0.15) is 0 Å². The minimum Gasteiger partial charge on any atom is -0.350 e. The smallest absolute Gasteiger partial charge is 0.244 e. The molecule has 0 saturated heterocycles. The van der Waals surface area contributed by atoms with Crippen LogP contribution in [-0.2, 0) is 4.79 Å². The fourth-order valence-corrected chi connectivity index (χ4v) is 1.82. The third-order valence-electron chi connectivity index (χ3n) is 3.08. The molecule has 2 heteroatoms. The maximum Gasteiger partial charge on any atom is 0.244 e. The Kier molecular flexibility index (Phi) is 5.63. The molecule has 0 fully saturated rings. The molecule has 1 rings (SSSR count). The zero-order chi connectivity index (χ0) is 13.5. The lowest BCUT2D eigenvalue weighted by molar-refractivity contribution is -0.117. The molecule has 0 spiro atoms. The van der Waals surface area contributed by atoms with Gasteiger partial charge in [0.05, 0.1) is 0 Å². The molecule has 0 heterocycles. The molecular weight excluding hydrogens is 222 g/mol. The number of aryl methyl sites for hydroxylation is 1. The summed E-state index contributed by atoms with van der Waals surface area (Å²) in [5.41, 5.74) is 2.27. The van der Waals surface area contributed by atoms with Crippen LogP contribution in [-0.4, -0.2) is 11.9 Å². The fraction of sp³-hybridized carbons (Fsp3) is 0.438. The third-order valence-corrected chi connectivity index (χ3v) is 3.08. The van der Waals surface area contributed by atoms with Gasteiger partial charge in [-0.3, -0.25) is 4.79 Å². The molecule has 2 nitrogen and oxygen atoms in total. The number of hydrogen-bond acceptors (Lipinski definition) is 1. The molecule has 1 N–H and O–H groups in total. The third kappa shape index (κ3) is 4.74.